The molecule has 1 aliphatic rings. The molecule has 1 unspecified atom stereocenters. The van der Waals surface area contributed by atoms with Gasteiger partial charge in [0.05, 0.1) is 0 Å². The minimum atomic E-state index is 0.327. The van der Waals surface area contributed by atoms with Crippen LogP contribution in [0.15, 0.2) is 0 Å². The van der Waals surface area contributed by atoms with Gasteiger partial charge in [-0.05, 0) is 57.5 Å². The molecule has 0 aromatic heterocycles. The Morgan fingerprint density at radius 2 is 1.93 bits per heavy atom. The van der Waals surface area contributed by atoms with Crippen molar-refractivity contribution in [1.82, 2.24) is 4.90 Å². The molecule has 0 spiro atoms. The monoisotopic (exact) mass is 215 g/mol. The molecule has 1 heterocycles. The highest BCUT2D eigenvalue weighted by Gasteiger charge is 2.18. The average molecular weight is 215 g/mol. The first-order valence-corrected chi connectivity index (χ1v) is 6.31. The van der Waals surface area contributed by atoms with E-state index in [2.05, 4.69) is 4.90 Å². The van der Waals surface area contributed by atoms with Crippen LogP contribution in [0.25, 0.3) is 0 Å². The maximum absolute atomic E-state index is 8.90. The van der Waals surface area contributed by atoms with Gasteiger partial charge in [-0.15, -0.1) is 0 Å². The van der Waals surface area contributed by atoms with E-state index in [4.69, 9.17) is 10.2 Å². The zero-order chi connectivity index (χ0) is 10.9. The highest BCUT2D eigenvalue weighted by Crippen LogP contribution is 2.19. The van der Waals surface area contributed by atoms with E-state index in [0.717, 1.165) is 19.3 Å². The van der Waals surface area contributed by atoms with Crippen molar-refractivity contribution in [2.75, 3.05) is 32.8 Å². The number of hydrogen-bond donors (Lipinski definition) is 2. The van der Waals surface area contributed by atoms with Crippen molar-refractivity contribution in [1.29, 1.82) is 0 Å². The number of nitrogens with zero attached hydrogens (tertiary/aromatic N) is 1. The first-order chi connectivity index (χ1) is 7.36. The summed E-state index contributed by atoms with van der Waals surface area (Å²) in [7, 11) is 0. The van der Waals surface area contributed by atoms with Crippen LogP contribution in [-0.2, 0) is 0 Å². The summed E-state index contributed by atoms with van der Waals surface area (Å²) >= 11 is 0. The first-order valence-electron chi connectivity index (χ1n) is 6.31. The van der Waals surface area contributed by atoms with Crippen LogP contribution >= 0.6 is 0 Å². The number of rotatable bonds is 7. The second kappa shape index (κ2) is 8.08. The van der Waals surface area contributed by atoms with Crippen molar-refractivity contribution in [2.45, 2.75) is 38.5 Å². The summed E-state index contributed by atoms with van der Waals surface area (Å²) in [6, 6.07) is 0. The smallest absolute Gasteiger partial charge is 0.0434 e. The molecule has 90 valence electrons. The van der Waals surface area contributed by atoms with Gasteiger partial charge >= 0.3 is 0 Å². The third-order valence-electron chi connectivity index (χ3n) is 3.27. The number of piperidine rings is 1. The van der Waals surface area contributed by atoms with Crippen molar-refractivity contribution >= 4 is 0 Å². The molecule has 1 fully saturated rings. The Kier molecular flexibility index (Phi) is 6.98. The molecule has 3 heteroatoms. The van der Waals surface area contributed by atoms with Crippen LogP contribution in [0.2, 0.25) is 0 Å². The number of unbranched alkanes of at least 4 members (excludes halogenated alkanes) is 2. The summed E-state index contributed by atoms with van der Waals surface area (Å²) in [5.41, 5.74) is 0. The quantitative estimate of drug-likeness (QED) is 0.628. The first kappa shape index (κ1) is 12.9. The Hall–Kier alpha value is -0.120. The highest BCUT2D eigenvalue weighted by atomic mass is 16.3. The Bertz CT molecular complexity index is 151. The normalized spacial score (nSPS) is 23.2. The van der Waals surface area contributed by atoms with Gasteiger partial charge in [-0.25, -0.2) is 0 Å². The van der Waals surface area contributed by atoms with Crippen molar-refractivity contribution in [2.24, 2.45) is 5.92 Å². The molecular weight excluding hydrogens is 190 g/mol. The lowest BCUT2D eigenvalue weighted by atomic mass is 9.95. The number of likely N-dealkylation sites (tertiary alicyclic amines) is 1. The molecule has 3 nitrogen and oxygen atoms in total. The van der Waals surface area contributed by atoms with Crippen molar-refractivity contribution < 1.29 is 10.2 Å². The van der Waals surface area contributed by atoms with E-state index in [1.165, 1.54) is 38.9 Å². The van der Waals surface area contributed by atoms with E-state index in [0.29, 0.717) is 19.1 Å². The lowest BCUT2D eigenvalue weighted by Gasteiger charge is -2.32. The zero-order valence-corrected chi connectivity index (χ0v) is 9.70. The molecular formula is C12H25NO2. The van der Waals surface area contributed by atoms with Crippen LogP contribution in [-0.4, -0.2) is 48.0 Å². The highest BCUT2D eigenvalue weighted by molar-refractivity contribution is 4.72. The molecule has 0 bridgehead atoms. The summed E-state index contributed by atoms with van der Waals surface area (Å²) in [4.78, 5) is 2.52. The van der Waals surface area contributed by atoms with E-state index in [9.17, 15) is 0 Å². The fraction of sp³-hybridized carbons (Fsp3) is 1.00. The molecule has 0 aliphatic carbocycles. The zero-order valence-electron chi connectivity index (χ0n) is 9.70. The van der Waals surface area contributed by atoms with Gasteiger partial charge in [-0.1, -0.05) is 0 Å². The fourth-order valence-electron chi connectivity index (χ4n) is 2.40. The number of aliphatic hydroxyl groups excluding tert-OH is 2. The van der Waals surface area contributed by atoms with Crippen LogP contribution in [0.4, 0.5) is 0 Å². The molecule has 15 heavy (non-hydrogen) atoms. The van der Waals surface area contributed by atoms with Gasteiger partial charge in [0, 0.05) is 19.8 Å². The average Bonchev–Trinajstić information content (AvgIpc) is 2.26. The largest absolute Gasteiger partial charge is 0.396 e. The summed E-state index contributed by atoms with van der Waals surface area (Å²) in [5, 5.41) is 17.6. The molecule has 1 atom stereocenters. The summed E-state index contributed by atoms with van der Waals surface area (Å²) in [6.07, 6.45) is 6.81. The van der Waals surface area contributed by atoms with Gasteiger partial charge in [-0.2, -0.15) is 0 Å². The van der Waals surface area contributed by atoms with E-state index in [-0.39, 0.29) is 0 Å². The Labute approximate surface area is 93.1 Å². The van der Waals surface area contributed by atoms with Crippen LogP contribution < -0.4 is 0 Å². The third kappa shape index (κ3) is 5.50. The molecule has 2 N–H and O–H groups in total. The maximum Gasteiger partial charge on any atom is 0.0434 e. The molecule has 0 aromatic carbocycles. The van der Waals surface area contributed by atoms with E-state index >= 15 is 0 Å². The van der Waals surface area contributed by atoms with Gasteiger partial charge in [0.1, 0.15) is 0 Å². The molecule has 0 amide bonds. The lowest BCUT2D eigenvalue weighted by molar-refractivity contribution is 0.145. The van der Waals surface area contributed by atoms with Gasteiger partial charge in [0.15, 0.2) is 0 Å². The molecule has 0 saturated carbocycles. The molecule has 0 radical (unpaired) electrons. The minimum Gasteiger partial charge on any atom is -0.396 e. The van der Waals surface area contributed by atoms with E-state index in [1.807, 2.05) is 0 Å². The second-order valence-electron chi connectivity index (χ2n) is 4.61. The van der Waals surface area contributed by atoms with E-state index in [1.54, 1.807) is 0 Å². The van der Waals surface area contributed by atoms with Gasteiger partial charge in [0.2, 0.25) is 0 Å². The van der Waals surface area contributed by atoms with Crippen LogP contribution in [0, 0.1) is 5.92 Å². The van der Waals surface area contributed by atoms with E-state index < -0.39 is 0 Å². The van der Waals surface area contributed by atoms with Gasteiger partial charge < -0.3 is 15.1 Å². The number of aliphatic hydroxyl groups is 2. The van der Waals surface area contributed by atoms with Gasteiger partial charge in [-0.3, -0.25) is 0 Å². The maximum atomic E-state index is 8.90. The summed E-state index contributed by atoms with van der Waals surface area (Å²) in [5.74, 6) is 0.710. The van der Waals surface area contributed by atoms with Crippen molar-refractivity contribution in [3.63, 3.8) is 0 Å². The fourth-order valence-corrected chi connectivity index (χ4v) is 2.40. The minimum absolute atomic E-state index is 0.327. The topological polar surface area (TPSA) is 43.7 Å². The lowest BCUT2D eigenvalue weighted by Crippen LogP contribution is -2.36. The summed E-state index contributed by atoms with van der Waals surface area (Å²) in [6.45, 7) is 4.22. The SMILES string of the molecule is OCCCCCN1CCCC(CCO)C1. The Morgan fingerprint density at radius 1 is 1.07 bits per heavy atom. The van der Waals surface area contributed by atoms with Crippen LogP contribution in [0.3, 0.4) is 0 Å². The standard InChI is InChI=1S/C12H25NO2/c14-9-3-1-2-7-13-8-4-5-12(11-13)6-10-15/h12,14-15H,1-11H2. The second-order valence-corrected chi connectivity index (χ2v) is 4.61. The van der Waals surface area contributed by atoms with Crippen LogP contribution in [0.1, 0.15) is 38.5 Å². The third-order valence-corrected chi connectivity index (χ3v) is 3.27. The molecule has 0 aromatic rings. The van der Waals surface area contributed by atoms with Gasteiger partial charge in [0.25, 0.3) is 0 Å². The molecule has 1 aliphatic heterocycles. The Balaban J connectivity index is 2.07. The van der Waals surface area contributed by atoms with Crippen molar-refractivity contribution in [3.05, 3.63) is 0 Å². The van der Waals surface area contributed by atoms with Crippen LogP contribution in [0.5, 0.6) is 0 Å². The molecule has 1 rings (SSSR count). The number of hydrogen-bond acceptors (Lipinski definition) is 3. The Morgan fingerprint density at radius 3 is 2.67 bits per heavy atom. The predicted molar refractivity (Wildman–Crippen MR) is 61.8 cm³/mol. The predicted octanol–water partition coefficient (Wildman–Crippen LogP) is 1.24. The molecule has 1 saturated heterocycles. The van der Waals surface area contributed by atoms with Crippen molar-refractivity contribution in [3.8, 4) is 0 Å². The summed E-state index contributed by atoms with van der Waals surface area (Å²) < 4.78 is 0.